The Morgan fingerprint density at radius 2 is 2.13 bits per heavy atom. The standard InChI is InChI=1S/C17H24N2O4/c1-11(2)14-8-13(9-15(20)18-14)17(23)19-7-3-4-12(10-19)5-6-16(21)22/h8-9,11-12H,3-7,10H2,1-2H3,(H,18,20)(H,21,22). The molecule has 0 radical (unpaired) electrons. The van der Waals surface area contributed by atoms with E-state index in [2.05, 4.69) is 4.98 Å². The fourth-order valence-electron chi connectivity index (χ4n) is 2.99. The Morgan fingerprint density at radius 3 is 2.78 bits per heavy atom. The Hall–Kier alpha value is -2.11. The second-order valence-corrected chi connectivity index (χ2v) is 6.54. The second-order valence-electron chi connectivity index (χ2n) is 6.54. The average Bonchev–Trinajstić information content (AvgIpc) is 2.51. The molecule has 6 nitrogen and oxygen atoms in total. The quantitative estimate of drug-likeness (QED) is 0.870. The molecule has 1 aliphatic heterocycles. The number of aromatic amines is 1. The summed E-state index contributed by atoms with van der Waals surface area (Å²) in [6.07, 6.45) is 2.54. The van der Waals surface area contributed by atoms with E-state index in [0.717, 1.165) is 18.5 Å². The number of hydrogen-bond acceptors (Lipinski definition) is 3. The fraction of sp³-hybridized carbons (Fsp3) is 0.588. The third-order valence-corrected chi connectivity index (χ3v) is 4.31. The minimum atomic E-state index is -0.801. The van der Waals surface area contributed by atoms with Crippen molar-refractivity contribution in [1.29, 1.82) is 0 Å². The van der Waals surface area contributed by atoms with Gasteiger partial charge in [0.05, 0.1) is 0 Å². The second kappa shape index (κ2) is 7.44. The number of likely N-dealkylation sites (tertiary alicyclic amines) is 1. The highest BCUT2D eigenvalue weighted by atomic mass is 16.4. The summed E-state index contributed by atoms with van der Waals surface area (Å²) in [5.41, 5.74) is 0.899. The van der Waals surface area contributed by atoms with Gasteiger partial charge in [-0.05, 0) is 37.2 Å². The van der Waals surface area contributed by atoms with Crippen LogP contribution in [0.25, 0.3) is 0 Å². The van der Waals surface area contributed by atoms with Crippen molar-refractivity contribution in [2.45, 2.75) is 45.4 Å². The summed E-state index contributed by atoms with van der Waals surface area (Å²) in [7, 11) is 0. The zero-order valence-electron chi connectivity index (χ0n) is 13.7. The smallest absolute Gasteiger partial charge is 0.303 e. The van der Waals surface area contributed by atoms with E-state index in [4.69, 9.17) is 5.11 Å². The van der Waals surface area contributed by atoms with Crippen LogP contribution in [0.2, 0.25) is 0 Å². The largest absolute Gasteiger partial charge is 0.481 e. The van der Waals surface area contributed by atoms with E-state index in [1.807, 2.05) is 13.8 Å². The van der Waals surface area contributed by atoms with Crippen LogP contribution in [0, 0.1) is 5.92 Å². The number of carbonyl (C=O) groups is 2. The van der Waals surface area contributed by atoms with Gasteiger partial charge >= 0.3 is 5.97 Å². The molecule has 1 fully saturated rings. The lowest BCUT2D eigenvalue weighted by atomic mass is 9.93. The number of amides is 1. The van der Waals surface area contributed by atoms with Crippen molar-refractivity contribution in [3.63, 3.8) is 0 Å². The van der Waals surface area contributed by atoms with Gasteiger partial charge in [-0.2, -0.15) is 0 Å². The zero-order chi connectivity index (χ0) is 17.0. The maximum absolute atomic E-state index is 12.7. The van der Waals surface area contributed by atoms with Crippen LogP contribution in [0.1, 0.15) is 61.5 Å². The van der Waals surface area contributed by atoms with Crippen LogP contribution in [-0.2, 0) is 4.79 Å². The minimum absolute atomic E-state index is 0.134. The van der Waals surface area contributed by atoms with Crippen LogP contribution < -0.4 is 5.56 Å². The molecule has 1 saturated heterocycles. The van der Waals surface area contributed by atoms with E-state index in [-0.39, 0.29) is 29.7 Å². The highest BCUT2D eigenvalue weighted by Crippen LogP contribution is 2.22. The first kappa shape index (κ1) is 17.2. The van der Waals surface area contributed by atoms with Gasteiger partial charge in [-0.25, -0.2) is 0 Å². The number of H-pyrrole nitrogens is 1. The van der Waals surface area contributed by atoms with E-state index < -0.39 is 5.97 Å². The molecule has 2 N–H and O–H groups in total. The van der Waals surface area contributed by atoms with Crippen LogP contribution in [0.5, 0.6) is 0 Å². The van der Waals surface area contributed by atoms with Crippen LogP contribution in [0.3, 0.4) is 0 Å². The number of nitrogens with zero attached hydrogens (tertiary/aromatic N) is 1. The van der Waals surface area contributed by atoms with Crippen molar-refractivity contribution in [1.82, 2.24) is 9.88 Å². The summed E-state index contributed by atoms with van der Waals surface area (Å²) in [5, 5.41) is 8.79. The molecule has 1 unspecified atom stereocenters. The molecule has 0 spiro atoms. The van der Waals surface area contributed by atoms with Crippen molar-refractivity contribution in [2.24, 2.45) is 5.92 Å². The van der Waals surface area contributed by atoms with Crippen LogP contribution in [0.15, 0.2) is 16.9 Å². The number of nitrogens with one attached hydrogen (secondary N) is 1. The molecule has 2 rings (SSSR count). The number of carbonyl (C=O) groups excluding carboxylic acids is 1. The summed E-state index contributed by atoms with van der Waals surface area (Å²) in [4.78, 5) is 39.6. The van der Waals surface area contributed by atoms with Crippen molar-refractivity contribution < 1.29 is 14.7 Å². The first-order valence-electron chi connectivity index (χ1n) is 8.12. The van der Waals surface area contributed by atoms with Crippen LogP contribution in [-0.4, -0.2) is 40.0 Å². The van der Waals surface area contributed by atoms with Crippen LogP contribution in [0.4, 0.5) is 0 Å². The first-order valence-corrected chi connectivity index (χ1v) is 8.12. The zero-order valence-corrected chi connectivity index (χ0v) is 13.7. The maximum atomic E-state index is 12.7. The Bertz CT molecular complexity index is 636. The SMILES string of the molecule is CC(C)c1cc(C(=O)N2CCCC(CCC(=O)O)C2)cc(=O)[nH]1. The lowest BCUT2D eigenvalue weighted by molar-refractivity contribution is -0.137. The monoisotopic (exact) mass is 320 g/mol. The third kappa shape index (κ3) is 4.68. The van der Waals surface area contributed by atoms with Gasteiger partial charge < -0.3 is 15.0 Å². The predicted molar refractivity (Wildman–Crippen MR) is 86.6 cm³/mol. The lowest BCUT2D eigenvalue weighted by Gasteiger charge is -2.32. The minimum Gasteiger partial charge on any atom is -0.481 e. The molecule has 0 saturated carbocycles. The average molecular weight is 320 g/mol. The molecule has 1 aromatic rings. The number of pyridine rings is 1. The summed E-state index contributed by atoms with van der Waals surface area (Å²) in [6, 6.07) is 3.09. The molecule has 126 valence electrons. The highest BCUT2D eigenvalue weighted by molar-refractivity contribution is 5.94. The number of aromatic nitrogens is 1. The molecule has 2 heterocycles. The fourth-order valence-corrected chi connectivity index (χ4v) is 2.99. The summed E-state index contributed by atoms with van der Waals surface area (Å²) in [6.45, 7) is 5.15. The van der Waals surface area contributed by atoms with E-state index in [1.165, 1.54) is 6.07 Å². The molecule has 23 heavy (non-hydrogen) atoms. The van der Waals surface area contributed by atoms with Crippen molar-refractivity contribution in [2.75, 3.05) is 13.1 Å². The number of hydrogen-bond donors (Lipinski definition) is 2. The Morgan fingerprint density at radius 1 is 1.39 bits per heavy atom. The summed E-state index contributed by atoms with van der Waals surface area (Å²) < 4.78 is 0. The van der Waals surface area contributed by atoms with E-state index in [9.17, 15) is 14.4 Å². The van der Waals surface area contributed by atoms with Gasteiger partial charge in [0, 0.05) is 36.8 Å². The maximum Gasteiger partial charge on any atom is 0.303 e. The molecule has 6 heteroatoms. The lowest BCUT2D eigenvalue weighted by Crippen LogP contribution is -2.40. The van der Waals surface area contributed by atoms with Crippen molar-refractivity contribution in [3.05, 3.63) is 33.7 Å². The predicted octanol–water partition coefficient (Wildman–Crippen LogP) is 2.22. The summed E-state index contributed by atoms with van der Waals surface area (Å²) in [5.74, 6) is -0.585. The Labute approximate surface area is 135 Å². The number of rotatable bonds is 5. The summed E-state index contributed by atoms with van der Waals surface area (Å²) >= 11 is 0. The number of aliphatic carboxylic acids is 1. The Balaban J connectivity index is 2.10. The van der Waals surface area contributed by atoms with Gasteiger partial charge in [0.25, 0.3) is 5.91 Å². The molecule has 1 amide bonds. The van der Waals surface area contributed by atoms with E-state index in [1.54, 1.807) is 11.0 Å². The highest BCUT2D eigenvalue weighted by Gasteiger charge is 2.25. The van der Waals surface area contributed by atoms with Gasteiger partial charge in [-0.1, -0.05) is 13.8 Å². The molecule has 0 aliphatic carbocycles. The normalized spacial score (nSPS) is 18.2. The first-order chi connectivity index (χ1) is 10.9. The molecule has 1 aromatic heterocycles. The number of carboxylic acids is 1. The molecule has 1 aliphatic rings. The van der Waals surface area contributed by atoms with Gasteiger partial charge in [-0.3, -0.25) is 14.4 Å². The number of piperidine rings is 1. The van der Waals surface area contributed by atoms with Crippen molar-refractivity contribution >= 4 is 11.9 Å². The molecule has 1 atom stereocenters. The van der Waals surface area contributed by atoms with Gasteiger partial charge in [-0.15, -0.1) is 0 Å². The van der Waals surface area contributed by atoms with Gasteiger partial charge in [0.15, 0.2) is 0 Å². The molecule has 0 bridgehead atoms. The van der Waals surface area contributed by atoms with E-state index >= 15 is 0 Å². The molecular formula is C17H24N2O4. The van der Waals surface area contributed by atoms with Crippen LogP contribution >= 0.6 is 0 Å². The molecule has 0 aromatic carbocycles. The molecular weight excluding hydrogens is 296 g/mol. The van der Waals surface area contributed by atoms with Gasteiger partial charge in [0.2, 0.25) is 5.56 Å². The Kier molecular flexibility index (Phi) is 5.58. The van der Waals surface area contributed by atoms with Crippen molar-refractivity contribution in [3.8, 4) is 0 Å². The topological polar surface area (TPSA) is 90.5 Å². The third-order valence-electron chi connectivity index (χ3n) is 4.31. The van der Waals surface area contributed by atoms with E-state index in [0.29, 0.717) is 25.1 Å². The number of carboxylic acid groups (broad SMARTS) is 1. The van der Waals surface area contributed by atoms with Gasteiger partial charge in [0.1, 0.15) is 0 Å².